The lowest BCUT2D eigenvalue weighted by atomic mass is 10.0. The van der Waals surface area contributed by atoms with Crippen molar-refractivity contribution in [2.24, 2.45) is 5.73 Å². The average molecular weight is 316 g/mol. The highest BCUT2D eigenvalue weighted by molar-refractivity contribution is 6.21. The van der Waals surface area contributed by atoms with Crippen LogP contribution in [0, 0.1) is 0 Å². The SMILES string of the molecule is COc1cc2ccc(C(Cl)C(C)N)cc2cc1OC.Cl. The smallest absolute Gasteiger partial charge is 0.161 e. The van der Waals surface area contributed by atoms with Gasteiger partial charge in [0.15, 0.2) is 11.5 Å². The minimum atomic E-state index is -0.197. The molecule has 2 N–H and O–H groups in total. The summed E-state index contributed by atoms with van der Waals surface area (Å²) in [6, 6.07) is 9.85. The third-order valence-electron chi connectivity index (χ3n) is 3.15. The van der Waals surface area contributed by atoms with Gasteiger partial charge < -0.3 is 15.2 Å². The predicted octanol–water partition coefficient (Wildman–Crippen LogP) is 3.91. The molecule has 2 rings (SSSR count). The second-order valence-corrected chi connectivity index (χ2v) is 5.04. The van der Waals surface area contributed by atoms with Crippen LogP contribution < -0.4 is 15.2 Å². The molecule has 0 fully saturated rings. The second kappa shape index (κ2) is 7.02. The molecule has 0 bridgehead atoms. The van der Waals surface area contributed by atoms with E-state index >= 15 is 0 Å². The molecule has 0 aliphatic heterocycles. The highest BCUT2D eigenvalue weighted by Gasteiger charge is 2.14. The number of rotatable bonds is 4. The fraction of sp³-hybridized carbons (Fsp3) is 0.333. The Kier molecular flexibility index (Phi) is 5.93. The molecule has 110 valence electrons. The fourth-order valence-corrected chi connectivity index (χ4v) is 2.20. The van der Waals surface area contributed by atoms with Gasteiger partial charge in [0.05, 0.1) is 19.6 Å². The molecule has 0 saturated heterocycles. The van der Waals surface area contributed by atoms with E-state index in [0.717, 1.165) is 22.1 Å². The summed E-state index contributed by atoms with van der Waals surface area (Å²) in [6.45, 7) is 1.90. The number of hydrogen-bond acceptors (Lipinski definition) is 3. The molecule has 5 heteroatoms. The van der Waals surface area contributed by atoms with Crippen molar-refractivity contribution in [3.63, 3.8) is 0 Å². The van der Waals surface area contributed by atoms with Gasteiger partial charge in [0.1, 0.15) is 0 Å². The van der Waals surface area contributed by atoms with Crippen LogP contribution in [0.4, 0.5) is 0 Å². The number of ether oxygens (including phenoxy) is 2. The average Bonchev–Trinajstić information content (AvgIpc) is 2.44. The minimum Gasteiger partial charge on any atom is -0.493 e. The predicted molar refractivity (Wildman–Crippen MR) is 86.5 cm³/mol. The van der Waals surface area contributed by atoms with Crippen molar-refractivity contribution in [2.75, 3.05) is 14.2 Å². The molecule has 0 saturated carbocycles. The molecule has 0 aliphatic rings. The van der Waals surface area contributed by atoms with E-state index in [-0.39, 0.29) is 23.8 Å². The molecule has 2 unspecified atom stereocenters. The van der Waals surface area contributed by atoms with E-state index in [4.69, 9.17) is 26.8 Å². The molecule has 2 aromatic carbocycles. The first-order valence-electron chi connectivity index (χ1n) is 6.12. The Morgan fingerprint density at radius 3 is 2.05 bits per heavy atom. The van der Waals surface area contributed by atoms with E-state index in [0.29, 0.717) is 5.75 Å². The van der Waals surface area contributed by atoms with Crippen LogP contribution in [0.5, 0.6) is 11.5 Å². The third-order valence-corrected chi connectivity index (χ3v) is 3.80. The maximum absolute atomic E-state index is 6.29. The Morgan fingerprint density at radius 1 is 1.00 bits per heavy atom. The van der Waals surface area contributed by atoms with Crippen molar-refractivity contribution in [2.45, 2.75) is 18.3 Å². The van der Waals surface area contributed by atoms with E-state index in [1.807, 2.05) is 37.3 Å². The second-order valence-electron chi connectivity index (χ2n) is 4.57. The van der Waals surface area contributed by atoms with Gasteiger partial charge in [0, 0.05) is 6.04 Å². The first-order valence-corrected chi connectivity index (χ1v) is 6.55. The zero-order valence-corrected chi connectivity index (χ0v) is 13.3. The minimum absolute atomic E-state index is 0. The van der Waals surface area contributed by atoms with Crippen LogP contribution >= 0.6 is 24.0 Å². The quantitative estimate of drug-likeness (QED) is 0.870. The summed E-state index contributed by atoms with van der Waals surface area (Å²) in [5.74, 6) is 1.43. The highest BCUT2D eigenvalue weighted by atomic mass is 35.5. The molecular weight excluding hydrogens is 297 g/mol. The van der Waals surface area contributed by atoms with Crippen molar-refractivity contribution in [3.05, 3.63) is 35.9 Å². The fourth-order valence-electron chi connectivity index (χ4n) is 2.07. The third kappa shape index (κ3) is 3.29. The summed E-state index contributed by atoms with van der Waals surface area (Å²) in [6.07, 6.45) is 0. The number of benzene rings is 2. The number of hydrogen-bond donors (Lipinski definition) is 1. The molecule has 0 heterocycles. The van der Waals surface area contributed by atoms with Crippen LogP contribution in [-0.4, -0.2) is 20.3 Å². The first-order chi connectivity index (χ1) is 9.06. The molecule has 0 aromatic heterocycles. The molecule has 0 radical (unpaired) electrons. The Morgan fingerprint density at radius 2 is 1.55 bits per heavy atom. The molecule has 0 amide bonds. The van der Waals surface area contributed by atoms with Crippen LogP contribution in [-0.2, 0) is 0 Å². The summed E-state index contributed by atoms with van der Waals surface area (Å²) >= 11 is 6.29. The summed E-state index contributed by atoms with van der Waals surface area (Å²) in [7, 11) is 3.25. The summed E-state index contributed by atoms with van der Waals surface area (Å²) < 4.78 is 10.6. The van der Waals surface area contributed by atoms with Gasteiger partial charge in [-0.15, -0.1) is 24.0 Å². The lowest BCUT2D eigenvalue weighted by molar-refractivity contribution is 0.356. The van der Waals surface area contributed by atoms with Gasteiger partial charge in [0.25, 0.3) is 0 Å². The van der Waals surface area contributed by atoms with E-state index in [9.17, 15) is 0 Å². The number of alkyl halides is 1. The standard InChI is InChI=1S/C15H18ClNO2.ClH/c1-9(17)15(16)11-5-4-10-7-13(18-2)14(19-3)8-12(10)6-11;/h4-9,15H,17H2,1-3H3;1H. The lowest BCUT2D eigenvalue weighted by Crippen LogP contribution is -2.20. The van der Waals surface area contributed by atoms with Gasteiger partial charge in [-0.2, -0.15) is 0 Å². The van der Waals surface area contributed by atoms with E-state index in [1.165, 1.54) is 0 Å². The largest absolute Gasteiger partial charge is 0.493 e. The number of nitrogens with two attached hydrogens (primary N) is 1. The van der Waals surface area contributed by atoms with Gasteiger partial charge in [-0.3, -0.25) is 0 Å². The summed E-state index contributed by atoms with van der Waals surface area (Å²) in [5, 5.41) is 1.94. The van der Waals surface area contributed by atoms with Crippen molar-refractivity contribution in [1.29, 1.82) is 0 Å². The van der Waals surface area contributed by atoms with Crippen LogP contribution in [0.25, 0.3) is 10.8 Å². The van der Waals surface area contributed by atoms with Crippen LogP contribution in [0.15, 0.2) is 30.3 Å². The van der Waals surface area contributed by atoms with Gasteiger partial charge >= 0.3 is 0 Å². The number of fused-ring (bicyclic) bond motifs is 1. The van der Waals surface area contributed by atoms with Gasteiger partial charge in [-0.1, -0.05) is 12.1 Å². The maximum atomic E-state index is 6.29. The zero-order valence-electron chi connectivity index (χ0n) is 11.7. The van der Waals surface area contributed by atoms with Crippen LogP contribution in [0.1, 0.15) is 17.9 Å². The van der Waals surface area contributed by atoms with Crippen molar-refractivity contribution < 1.29 is 9.47 Å². The van der Waals surface area contributed by atoms with Crippen molar-refractivity contribution in [3.8, 4) is 11.5 Å². The monoisotopic (exact) mass is 315 g/mol. The molecule has 0 spiro atoms. The van der Waals surface area contributed by atoms with Gasteiger partial charge in [-0.25, -0.2) is 0 Å². The topological polar surface area (TPSA) is 44.5 Å². The molecule has 0 aliphatic carbocycles. The Bertz CT molecular complexity index is 587. The van der Waals surface area contributed by atoms with Gasteiger partial charge in [-0.05, 0) is 41.5 Å². The van der Waals surface area contributed by atoms with E-state index in [2.05, 4.69) is 0 Å². The molecule has 2 atom stereocenters. The summed E-state index contributed by atoms with van der Waals surface area (Å²) in [5.41, 5.74) is 6.85. The Balaban J connectivity index is 0.00000200. The first kappa shape index (κ1) is 16.9. The zero-order chi connectivity index (χ0) is 14.0. The molecule has 20 heavy (non-hydrogen) atoms. The van der Waals surface area contributed by atoms with E-state index < -0.39 is 0 Å². The highest BCUT2D eigenvalue weighted by Crippen LogP contribution is 2.34. The van der Waals surface area contributed by atoms with Gasteiger partial charge in [0.2, 0.25) is 0 Å². The summed E-state index contributed by atoms with van der Waals surface area (Å²) in [4.78, 5) is 0. The lowest BCUT2D eigenvalue weighted by Gasteiger charge is -2.15. The van der Waals surface area contributed by atoms with Crippen molar-refractivity contribution >= 4 is 34.8 Å². The molecule has 3 nitrogen and oxygen atoms in total. The Labute approximate surface area is 130 Å². The Hall–Kier alpha value is -1.16. The van der Waals surface area contributed by atoms with Crippen LogP contribution in [0.3, 0.4) is 0 Å². The normalized spacial score (nSPS) is 13.4. The maximum Gasteiger partial charge on any atom is 0.161 e. The van der Waals surface area contributed by atoms with Crippen LogP contribution in [0.2, 0.25) is 0 Å². The molecular formula is C15H19Cl2NO2. The number of halogens is 2. The van der Waals surface area contributed by atoms with E-state index in [1.54, 1.807) is 14.2 Å². The number of methoxy groups -OCH3 is 2. The van der Waals surface area contributed by atoms with Crippen molar-refractivity contribution in [1.82, 2.24) is 0 Å². The molecule has 2 aromatic rings.